The zero-order valence-electron chi connectivity index (χ0n) is 14.0. The summed E-state index contributed by atoms with van der Waals surface area (Å²) >= 11 is 5.93. The highest BCUT2D eigenvalue weighted by atomic mass is 35.5. The lowest BCUT2D eigenvalue weighted by Gasteiger charge is -2.13. The van der Waals surface area contributed by atoms with Crippen LogP contribution < -0.4 is 20.1 Å². The van der Waals surface area contributed by atoms with Gasteiger partial charge in [0.05, 0.1) is 19.3 Å². The Bertz CT molecular complexity index is 719. The Hall–Kier alpha value is -2.40. The van der Waals surface area contributed by atoms with E-state index >= 15 is 0 Å². The van der Waals surface area contributed by atoms with E-state index in [9.17, 15) is 4.79 Å². The molecule has 0 heterocycles. The van der Waals surface area contributed by atoms with E-state index in [2.05, 4.69) is 10.6 Å². The van der Waals surface area contributed by atoms with E-state index < -0.39 is 0 Å². The third-order valence-corrected chi connectivity index (χ3v) is 3.84. The topological polar surface area (TPSA) is 59.6 Å². The summed E-state index contributed by atoms with van der Waals surface area (Å²) in [6.45, 7) is 4.80. The van der Waals surface area contributed by atoms with Crippen LogP contribution in [0, 0.1) is 13.8 Å². The van der Waals surface area contributed by atoms with Crippen molar-refractivity contribution in [3.8, 4) is 11.5 Å². The SMILES string of the molecule is COc1ccc(Cl)cc1NC(=O)NCCOc1cccc(C)c1C. The fourth-order valence-corrected chi connectivity index (χ4v) is 2.32. The number of urea groups is 1. The van der Waals surface area contributed by atoms with Crippen molar-refractivity contribution in [2.45, 2.75) is 13.8 Å². The van der Waals surface area contributed by atoms with Crippen LogP contribution >= 0.6 is 11.6 Å². The summed E-state index contributed by atoms with van der Waals surface area (Å²) < 4.78 is 10.9. The average Bonchev–Trinajstić information content (AvgIpc) is 2.55. The number of amides is 2. The number of methoxy groups -OCH3 is 1. The van der Waals surface area contributed by atoms with Gasteiger partial charge in [-0.1, -0.05) is 23.7 Å². The van der Waals surface area contributed by atoms with Crippen LogP contribution in [0.4, 0.5) is 10.5 Å². The predicted molar refractivity (Wildman–Crippen MR) is 96.4 cm³/mol. The molecule has 0 aliphatic carbocycles. The van der Waals surface area contributed by atoms with Crippen molar-refractivity contribution in [2.75, 3.05) is 25.6 Å². The minimum Gasteiger partial charge on any atom is -0.495 e. The number of hydrogen-bond acceptors (Lipinski definition) is 3. The van der Waals surface area contributed by atoms with Gasteiger partial charge in [0.15, 0.2) is 0 Å². The Morgan fingerprint density at radius 2 is 1.96 bits per heavy atom. The van der Waals surface area contributed by atoms with Crippen molar-refractivity contribution >= 4 is 23.3 Å². The molecule has 0 fully saturated rings. The summed E-state index contributed by atoms with van der Waals surface area (Å²) in [5, 5.41) is 5.96. The lowest BCUT2D eigenvalue weighted by molar-refractivity contribution is 0.247. The van der Waals surface area contributed by atoms with Gasteiger partial charge in [-0.2, -0.15) is 0 Å². The van der Waals surface area contributed by atoms with Crippen LogP contribution in [-0.4, -0.2) is 26.3 Å². The third-order valence-electron chi connectivity index (χ3n) is 3.61. The largest absolute Gasteiger partial charge is 0.495 e. The summed E-state index contributed by atoms with van der Waals surface area (Å²) in [5.74, 6) is 1.37. The predicted octanol–water partition coefficient (Wildman–Crippen LogP) is 4.17. The Labute approximate surface area is 146 Å². The minimum absolute atomic E-state index is 0.347. The molecule has 0 saturated heterocycles. The number of benzene rings is 2. The van der Waals surface area contributed by atoms with E-state index in [1.54, 1.807) is 18.2 Å². The molecule has 2 amide bonds. The van der Waals surface area contributed by atoms with Gasteiger partial charge in [-0.3, -0.25) is 0 Å². The molecule has 0 aliphatic rings. The first kappa shape index (κ1) is 17.9. The van der Waals surface area contributed by atoms with E-state index in [1.165, 1.54) is 12.7 Å². The molecule has 2 aromatic rings. The fraction of sp³-hybridized carbons (Fsp3) is 0.278. The molecule has 0 bridgehead atoms. The summed E-state index contributed by atoms with van der Waals surface area (Å²) in [5.41, 5.74) is 2.79. The molecule has 24 heavy (non-hydrogen) atoms. The van der Waals surface area contributed by atoms with E-state index in [0.717, 1.165) is 11.3 Å². The highest BCUT2D eigenvalue weighted by Gasteiger charge is 2.08. The number of anilines is 1. The first-order valence-electron chi connectivity index (χ1n) is 7.58. The second-order valence-corrected chi connectivity index (χ2v) is 5.71. The maximum atomic E-state index is 11.9. The fourth-order valence-electron chi connectivity index (χ4n) is 2.15. The zero-order valence-corrected chi connectivity index (χ0v) is 14.7. The first-order valence-corrected chi connectivity index (χ1v) is 7.96. The monoisotopic (exact) mass is 348 g/mol. The molecule has 2 N–H and O–H groups in total. The number of aryl methyl sites for hydroxylation is 1. The zero-order chi connectivity index (χ0) is 17.5. The Balaban J connectivity index is 1.82. The van der Waals surface area contributed by atoms with E-state index in [0.29, 0.717) is 29.6 Å². The highest BCUT2D eigenvalue weighted by Crippen LogP contribution is 2.27. The van der Waals surface area contributed by atoms with E-state index in [4.69, 9.17) is 21.1 Å². The van der Waals surface area contributed by atoms with Gasteiger partial charge in [-0.05, 0) is 49.2 Å². The lowest BCUT2D eigenvalue weighted by Crippen LogP contribution is -2.32. The quantitative estimate of drug-likeness (QED) is 0.770. The molecule has 0 atom stereocenters. The van der Waals surface area contributed by atoms with Crippen molar-refractivity contribution in [2.24, 2.45) is 0 Å². The number of hydrogen-bond donors (Lipinski definition) is 2. The lowest BCUT2D eigenvalue weighted by atomic mass is 10.1. The van der Waals surface area contributed by atoms with Gasteiger partial charge >= 0.3 is 6.03 Å². The molecule has 2 rings (SSSR count). The number of carbonyl (C=O) groups excluding carboxylic acids is 1. The molecule has 2 aromatic carbocycles. The molecule has 0 saturated carbocycles. The summed E-state index contributed by atoms with van der Waals surface area (Å²) in [6.07, 6.45) is 0. The van der Waals surface area contributed by atoms with Crippen LogP contribution in [0.5, 0.6) is 11.5 Å². The second-order valence-electron chi connectivity index (χ2n) is 5.27. The minimum atomic E-state index is -0.347. The number of nitrogens with one attached hydrogen (secondary N) is 2. The van der Waals surface area contributed by atoms with E-state index in [-0.39, 0.29) is 6.03 Å². The highest BCUT2D eigenvalue weighted by molar-refractivity contribution is 6.31. The van der Waals surface area contributed by atoms with Gasteiger partial charge in [-0.25, -0.2) is 4.79 Å². The first-order chi connectivity index (χ1) is 11.5. The molecule has 0 aromatic heterocycles. The van der Waals surface area contributed by atoms with Crippen LogP contribution in [0.1, 0.15) is 11.1 Å². The van der Waals surface area contributed by atoms with Crippen LogP contribution in [0.15, 0.2) is 36.4 Å². The van der Waals surface area contributed by atoms with Gasteiger partial charge < -0.3 is 20.1 Å². The van der Waals surface area contributed by atoms with Crippen LogP contribution in [0.25, 0.3) is 0 Å². The summed E-state index contributed by atoms with van der Waals surface area (Å²) in [6, 6.07) is 10.6. The Kier molecular flexibility index (Phi) is 6.32. The summed E-state index contributed by atoms with van der Waals surface area (Å²) in [4.78, 5) is 11.9. The molecule has 0 spiro atoms. The average molecular weight is 349 g/mol. The molecule has 128 valence electrons. The smallest absolute Gasteiger partial charge is 0.319 e. The van der Waals surface area contributed by atoms with Crippen molar-refractivity contribution in [1.82, 2.24) is 5.32 Å². The van der Waals surface area contributed by atoms with Gasteiger partial charge in [0.1, 0.15) is 18.1 Å². The van der Waals surface area contributed by atoms with Crippen molar-refractivity contribution in [3.63, 3.8) is 0 Å². The van der Waals surface area contributed by atoms with E-state index in [1.807, 2.05) is 32.0 Å². The summed E-state index contributed by atoms with van der Waals surface area (Å²) in [7, 11) is 1.53. The molecular formula is C18H21ClN2O3. The molecule has 0 radical (unpaired) electrons. The second kappa shape index (κ2) is 8.45. The molecule has 0 aliphatic heterocycles. The Morgan fingerprint density at radius 3 is 2.71 bits per heavy atom. The number of halogens is 1. The number of carbonyl (C=O) groups is 1. The number of ether oxygens (including phenoxy) is 2. The standard InChI is InChI=1S/C18H21ClN2O3/c1-12-5-4-6-16(13(12)2)24-10-9-20-18(22)21-15-11-14(19)7-8-17(15)23-3/h4-8,11H,9-10H2,1-3H3,(H2,20,21,22). The van der Waals surface area contributed by atoms with Crippen molar-refractivity contribution < 1.29 is 14.3 Å². The van der Waals surface area contributed by atoms with Gasteiger partial charge in [0.25, 0.3) is 0 Å². The molecule has 5 nitrogen and oxygen atoms in total. The van der Waals surface area contributed by atoms with Gasteiger partial charge in [0, 0.05) is 5.02 Å². The molecule has 6 heteroatoms. The van der Waals surface area contributed by atoms with Crippen LogP contribution in [0.3, 0.4) is 0 Å². The van der Waals surface area contributed by atoms with Crippen molar-refractivity contribution in [3.05, 3.63) is 52.5 Å². The van der Waals surface area contributed by atoms with Crippen molar-refractivity contribution in [1.29, 1.82) is 0 Å². The third kappa shape index (κ3) is 4.80. The van der Waals surface area contributed by atoms with Crippen LogP contribution in [0.2, 0.25) is 5.02 Å². The van der Waals surface area contributed by atoms with Gasteiger partial charge in [-0.15, -0.1) is 0 Å². The Morgan fingerprint density at radius 1 is 1.17 bits per heavy atom. The normalized spacial score (nSPS) is 10.2. The maximum absolute atomic E-state index is 11.9. The maximum Gasteiger partial charge on any atom is 0.319 e. The number of rotatable bonds is 6. The molecule has 0 unspecified atom stereocenters. The van der Waals surface area contributed by atoms with Gasteiger partial charge in [0.2, 0.25) is 0 Å². The van der Waals surface area contributed by atoms with Crippen LogP contribution in [-0.2, 0) is 0 Å². The molecular weight excluding hydrogens is 328 g/mol.